The zero-order chi connectivity index (χ0) is 33.9. The highest BCUT2D eigenvalue weighted by Crippen LogP contribution is 2.57. The first-order valence-electron chi connectivity index (χ1n) is 14.6. The fourth-order valence-electron chi connectivity index (χ4n) is 7.28. The Hall–Kier alpha value is -5.02. The number of aliphatic hydroxyl groups is 1. The lowest BCUT2D eigenvalue weighted by Crippen LogP contribution is -2.39. The van der Waals surface area contributed by atoms with Crippen molar-refractivity contribution in [1.82, 2.24) is 0 Å². The molecule has 2 aromatic rings. The summed E-state index contributed by atoms with van der Waals surface area (Å²) in [6, 6.07) is 8.83. The van der Waals surface area contributed by atoms with Crippen molar-refractivity contribution in [3.8, 4) is 5.75 Å². The monoisotopic (exact) mass is 706 g/mol. The number of hydrogen-bond donors (Lipinski definition) is 1. The van der Waals surface area contributed by atoms with Gasteiger partial charge in [0.1, 0.15) is 12.4 Å². The molecule has 47 heavy (non-hydrogen) atoms. The minimum atomic E-state index is -1.02. The minimum absolute atomic E-state index is 0.0290. The predicted octanol–water partition coefficient (Wildman–Crippen LogP) is 3.91. The van der Waals surface area contributed by atoms with E-state index in [0.29, 0.717) is 16.9 Å². The van der Waals surface area contributed by atoms with E-state index < -0.39 is 68.3 Å². The SMILES string of the molecule is CN(C)c1c([N+](=O)[O-])cc(N2C(=O)C3CC=C4C(c5ccccc5OCCO)C5=C(CC4C3C2=O)C(=O)C(Br)=CC5=O)cc1[N+](=O)[O-]. The van der Waals surface area contributed by atoms with Crippen molar-refractivity contribution in [1.29, 1.82) is 0 Å². The van der Waals surface area contributed by atoms with Crippen LogP contribution >= 0.6 is 15.9 Å². The van der Waals surface area contributed by atoms with Crippen LogP contribution in [0.15, 0.2) is 69.8 Å². The highest BCUT2D eigenvalue weighted by atomic mass is 79.9. The second-order valence-electron chi connectivity index (χ2n) is 11.8. The molecule has 1 aliphatic heterocycles. The smallest absolute Gasteiger partial charge is 0.301 e. The van der Waals surface area contributed by atoms with Crippen LogP contribution in [0, 0.1) is 38.0 Å². The van der Waals surface area contributed by atoms with Crippen LogP contribution in [0.4, 0.5) is 22.7 Å². The molecule has 2 amide bonds. The largest absolute Gasteiger partial charge is 0.491 e. The molecule has 6 rings (SSSR count). The second kappa shape index (κ2) is 12.0. The number of halogens is 1. The number of amides is 2. The summed E-state index contributed by atoms with van der Waals surface area (Å²) in [6.45, 7) is -0.304. The Balaban J connectivity index is 1.49. The Morgan fingerprint density at radius 3 is 2.30 bits per heavy atom. The number of nitro groups is 2. The fraction of sp³-hybridized carbons (Fsp3) is 0.312. The third-order valence-corrected chi connectivity index (χ3v) is 9.65. The molecule has 4 atom stereocenters. The summed E-state index contributed by atoms with van der Waals surface area (Å²) in [7, 11) is 2.81. The van der Waals surface area contributed by atoms with Gasteiger partial charge < -0.3 is 14.7 Å². The number of benzene rings is 2. The molecule has 14 nitrogen and oxygen atoms in total. The Kier molecular flexibility index (Phi) is 8.13. The first-order valence-corrected chi connectivity index (χ1v) is 15.4. The van der Waals surface area contributed by atoms with Gasteiger partial charge in [0.05, 0.1) is 38.5 Å². The van der Waals surface area contributed by atoms with E-state index >= 15 is 0 Å². The van der Waals surface area contributed by atoms with E-state index in [1.165, 1.54) is 25.1 Å². The molecule has 1 heterocycles. The highest BCUT2D eigenvalue weighted by Gasteiger charge is 2.57. The summed E-state index contributed by atoms with van der Waals surface area (Å²) < 4.78 is 5.86. The van der Waals surface area contributed by atoms with Gasteiger partial charge in [-0.3, -0.25) is 39.4 Å². The lowest BCUT2D eigenvalue weighted by atomic mass is 9.59. The molecule has 0 saturated carbocycles. The molecular formula is C32H27BrN4O10. The van der Waals surface area contributed by atoms with Gasteiger partial charge >= 0.3 is 11.4 Å². The molecule has 3 aliphatic carbocycles. The lowest BCUT2D eigenvalue weighted by Gasteiger charge is -2.42. The molecule has 4 unspecified atom stereocenters. The first kappa shape index (κ1) is 31.9. The van der Waals surface area contributed by atoms with Crippen LogP contribution in [-0.4, -0.2) is 65.6 Å². The minimum Gasteiger partial charge on any atom is -0.491 e. The third kappa shape index (κ3) is 5.06. The zero-order valence-corrected chi connectivity index (χ0v) is 26.6. The van der Waals surface area contributed by atoms with E-state index in [0.717, 1.165) is 17.0 Å². The molecule has 1 saturated heterocycles. The van der Waals surface area contributed by atoms with Crippen LogP contribution in [0.3, 0.4) is 0 Å². The number of hydrogen-bond acceptors (Lipinski definition) is 11. The van der Waals surface area contributed by atoms with Gasteiger partial charge in [0.15, 0.2) is 17.3 Å². The van der Waals surface area contributed by atoms with E-state index in [1.807, 2.05) is 0 Å². The zero-order valence-electron chi connectivity index (χ0n) is 25.0. The molecule has 1 N–H and O–H groups in total. The molecule has 4 aliphatic rings. The van der Waals surface area contributed by atoms with Gasteiger partial charge in [0.25, 0.3) is 0 Å². The number of aliphatic hydroxyl groups excluding tert-OH is 1. The van der Waals surface area contributed by atoms with Gasteiger partial charge in [-0.25, -0.2) is 4.90 Å². The standard InChI is InChI=1S/C32H27BrN4O10/c1-34(2)29-22(36(43)44)11-15(12-23(29)37(45)46)35-31(41)18-8-7-16-19(27(18)32(35)42)13-20-28(24(39)14-21(33)30(20)40)26(16)17-5-3-4-6-25(17)47-10-9-38/h3-7,11-12,14,18-19,26-27,38H,8-10,13H2,1-2H3. The number of Topliss-reactive ketones (excluding diaryl/α,β-unsaturated/α-hetero) is 1. The second-order valence-corrected chi connectivity index (χ2v) is 12.6. The van der Waals surface area contributed by atoms with Crippen LogP contribution < -0.4 is 14.5 Å². The first-order chi connectivity index (χ1) is 22.4. The number of nitro benzene ring substituents is 2. The van der Waals surface area contributed by atoms with Crippen LogP contribution in [-0.2, 0) is 19.2 Å². The Labute approximate surface area is 275 Å². The average molecular weight is 707 g/mol. The van der Waals surface area contributed by atoms with Crippen LogP contribution in [0.25, 0.3) is 0 Å². The molecule has 242 valence electrons. The molecule has 0 radical (unpaired) electrons. The van der Waals surface area contributed by atoms with E-state index in [2.05, 4.69) is 15.9 Å². The highest BCUT2D eigenvalue weighted by molar-refractivity contribution is 9.12. The maximum atomic E-state index is 14.3. The number of ketones is 2. The maximum absolute atomic E-state index is 14.3. The number of carbonyl (C=O) groups excluding carboxylic acids is 4. The third-order valence-electron chi connectivity index (χ3n) is 9.06. The van der Waals surface area contributed by atoms with Crippen LogP contribution in [0.5, 0.6) is 5.75 Å². The number of fused-ring (bicyclic) bond motifs is 3. The van der Waals surface area contributed by atoms with Crippen molar-refractivity contribution in [2.45, 2.75) is 18.8 Å². The Bertz CT molecular complexity index is 1860. The number of para-hydroxylation sites is 1. The fourth-order valence-corrected chi connectivity index (χ4v) is 7.73. The summed E-state index contributed by atoms with van der Waals surface area (Å²) in [5, 5.41) is 33.4. The van der Waals surface area contributed by atoms with Gasteiger partial charge in [0, 0.05) is 54.9 Å². The predicted molar refractivity (Wildman–Crippen MR) is 170 cm³/mol. The van der Waals surface area contributed by atoms with Crippen LogP contribution in [0.2, 0.25) is 0 Å². The summed E-state index contributed by atoms with van der Waals surface area (Å²) in [4.78, 5) is 79.7. The lowest BCUT2D eigenvalue weighted by molar-refractivity contribution is -0.392. The Morgan fingerprint density at radius 1 is 1.02 bits per heavy atom. The van der Waals surface area contributed by atoms with Crippen molar-refractivity contribution in [3.63, 3.8) is 0 Å². The van der Waals surface area contributed by atoms with E-state index in [1.54, 1.807) is 30.3 Å². The number of imide groups is 1. The molecular weight excluding hydrogens is 680 g/mol. The summed E-state index contributed by atoms with van der Waals surface area (Å²) in [5.74, 6) is -5.34. The summed E-state index contributed by atoms with van der Waals surface area (Å²) in [6.07, 6.45) is 3.06. The van der Waals surface area contributed by atoms with Crippen molar-refractivity contribution < 1.29 is 38.9 Å². The quantitative estimate of drug-likeness (QED) is 0.138. The average Bonchev–Trinajstić information content (AvgIpc) is 3.30. The van der Waals surface area contributed by atoms with Crippen molar-refractivity contribution >= 4 is 62.1 Å². The van der Waals surface area contributed by atoms with Crippen molar-refractivity contribution in [2.75, 3.05) is 37.1 Å². The molecule has 0 bridgehead atoms. The molecule has 1 fully saturated rings. The van der Waals surface area contributed by atoms with Gasteiger partial charge in [-0.1, -0.05) is 29.8 Å². The molecule has 0 spiro atoms. The van der Waals surface area contributed by atoms with Gasteiger partial charge in [-0.05, 0) is 40.8 Å². The summed E-state index contributed by atoms with van der Waals surface area (Å²) in [5.41, 5.74) is -0.292. The van der Waals surface area contributed by atoms with Gasteiger partial charge in [-0.15, -0.1) is 0 Å². The molecule has 2 aromatic carbocycles. The van der Waals surface area contributed by atoms with Gasteiger partial charge in [0.2, 0.25) is 11.8 Å². The van der Waals surface area contributed by atoms with E-state index in [-0.39, 0.29) is 53.1 Å². The number of rotatable bonds is 8. The summed E-state index contributed by atoms with van der Waals surface area (Å²) >= 11 is 3.19. The van der Waals surface area contributed by atoms with E-state index in [4.69, 9.17) is 4.74 Å². The number of ether oxygens (including phenoxy) is 1. The topological polar surface area (TPSA) is 190 Å². The number of allylic oxidation sites excluding steroid dienone is 6. The normalized spacial score (nSPS) is 23.5. The maximum Gasteiger partial charge on any atom is 0.301 e. The number of anilines is 2. The Morgan fingerprint density at radius 2 is 1.68 bits per heavy atom. The number of carbonyl (C=O) groups is 4. The van der Waals surface area contributed by atoms with E-state index in [9.17, 15) is 44.5 Å². The molecule has 0 aromatic heterocycles. The number of nitrogens with zero attached hydrogens (tertiary/aromatic N) is 4. The van der Waals surface area contributed by atoms with Crippen LogP contribution in [0.1, 0.15) is 24.3 Å². The van der Waals surface area contributed by atoms with Crippen molar-refractivity contribution in [3.05, 3.63) is 95.5 Å². The van der Waals surface area contributed by atoms with Crippen molar-refractivity contribution in [2.24, 2.45) is 17.8 Å². The molecule has 15 heteroatoms. The van der Waals surface area contributed by atoms with Gasteiger partial charge in [-0.2, -0.15) is 0 Å².